The molecule has 0 aliphatic carbocycles. The molecule has 0 saturated heterocycles. The van der Waals surface area contributed by atoms with Crippen LogP contribution in [0.4, 0.5) is 0 Å². The van der Waals surface area contributed by atoms with Crippen molar-refractivity contribution in [2.45, 2.75) is 19.8 Å². The lowest BCUT2D eigenvalue weighted by Crippen LogP contribution is -2.12. The fourth-order valence-electron chi connectivity index (χ4n) is 1.03. The highest BCUT2D eigenvalue weighted by Gasteiger charge is 2.05. The third-order valence-corrected chi connectivity index (χ3v) is 1.62. The van der Waals surface area contributed by atoms with Gasteiger partial charge in [-0.3, -0.25) is 4.79 Å². The standard InChI is InChI=1S/C9H13NO/c1-2-3-9(11)8-4-6-10-7-5-8/h4-6,10H,2-3,7H2,1H3. The molecule has 60 valence electrons. The number of carbonyl (C=O) groups excluding carboxylic acids is 1. The van der Waals surface area contributed by atoms with Gasteiger partial charge in [0.15, 0.2) is 5.78 Å². The van der Waals surface area contributed by atoms with Gasteiger partial charge < -0.3 is 5.32 Å². The fraction of sp³-hybridized carbons (Fsp3) is 0.444. The van der Waals surface area contributed by atoms with E-state index in [1.807, 2.05) is 25.3 Å². The molecule has 0 aromatic carbocycles. The van der Waals surface area contributed by atoms with Gasteiger partial charge in [0.05, 0.1) is 0 Å². The van der Waals surface area contributed by atoms with E-state index in [1.165, 1.54) is 0 Å². The van der Waals surface area contributed by atoms with Gasteiger partial charge in [0.25, 0.3) is 0 Å². The van der Waals surface area contributed by atoms with Gasteiger partial charge in [-0.2, -0.15) is 0 Å². The first-order valence-electron chi connectivity index (χ1n) is 3.98. The zero-order valence-corrected chi connectivity index (χ0v) is 6.76. The number of carbonyl (C=O) groups is 1. The van der Waals surface area contributed by atoms with Crippen LogP contribution in [-0.4, -0.2) is 12.3 Å². The average molecular weight is 151 g/mol. The summed E-state index contributed by atoms with van der Waals surface area (Å²) in [6.07, 6.45) is 7.18. The molecule has 0 atom stereocenters. The van der Waals surface area contributed by atoms with Crippen LogP contribution < -0.4 is 5.32 Å². The average Bonchev–Trinajstić information content (AvgIpc) is 2.07. The Morgan fingerprint density at radius 1 is 1.73 bits per heavy atom. The minimum Gasteiger partial charge on any atom is -0.387 e. The zero-order chi connectivity index (χ0) is 8.10. The highest BCUT2D eigenvalue weighted by molar-refractivity contribution is 5.98. The molecule has 0 radical (unpaired) electrons. The minimum absolute atomic E-state index is 0.255. The van der Waals surface area contributed by atoms with Crippen molar-refractivity contribution in [3.8, 4) is 0 Å². The lowest BCUT2D eigenvalue weighted by molar-refractivity contribution is -0.115. The molecule has 0 bridgehead atoms. The van der Waals surface area contributed by atoms with Crippen molar-refractivity contribution in [2.75, 3.05) is 6.54 Å². The predicted molar refractivity (Wildman–Crippen MR) is 45.1 cm³/mol. The van der Waals surface area contributed by atoms with Crippen molar-refractivity contribution in [3.63, 3.8) is 0 Å². The van der Waals surface area contributed by atoms with Crippen LogP contribution in [0.15, 0.2) is 23.9 Å². The highest BCUT2D eigenvalue weighted by Crippen LogP contribution is 2.05. The van der Waals surface area contributed by atoms with Gasteiger partial charge in [-0.05, 0) is 18.7 Å². The molecule has 0 spiro atoms. The molecule has 0 aromatic rings. The van der Waals surface area contributed by atoms with Crippen LogP contribution in [0, 0.1) is 0 Å². The summed E-state index contributed by atoms with van der Waals surface area (Å²) in [4.78, 5) is 11.3. The van der Waals surface area contributed by atoms with E-state index in [0.717, 1.165) is 18.5 Å². The van der Waals surface area contributed by atoms with Gasteiger partial charge in [0, 0.05) is 18.5 Å². The Labute approximate surface area is 67.0 Å². The Kier molecular flexibility index (Phi) is 2.90. The Morgan fingerprint density at radius 2 is 2.55 bits per heavy atom. The molecule has 11 heavy (non-hydrogen) atoms. The molecule has 2 heteroatoms. The number of ketones is 1. The van der Waals surface area contributed by atoms with Crippen LogP contribution in [0.1, 0.15) is 19.8 Å². The molecule has 1 rings (SSSR count). The topological polar surface area (TPSA) is 29.1 Å². The largest absolute Gasteiger partial charge is 0.387 e. The maximum absolute atomic E-state index is 11.3. The molecular weight excluding hydrogens is 138 g/mol. The summed E-state index contributed by atoms with van der Waals surface area (Å²) in [6.45, 7) is 2.80. The number of allylic oxidation sites excluding steroid dienone is 2. The third kappa shape index (κ3) is 2.22. The summed E-state index contributed by atoms with van der Waals surface area (Å²) < 4.78 is 0. The van der Waals surface area contributed by atoms with E-state index in [1.54, 1.807) is 0 Å². The molecule has 0 saturated carbocycles. The summed E-state index contributed by atoms with van der Waals surface area (Å²) in [5, 5.41) is 3.00. The van der Waals surface area contributed by atoms with Gasteiger partial charge in [0.1, 0.15) is 0 Å². The van der Waals surface area contributed by atoms with Crippen molar-refractivity contribution in [2.24, 2.45) is 0 Å². The lowest BCUT2D eigenvalue weighted by atomic mass is 10.1. The SMILES string of the molecule is CCCC(=O)C1=CCNC=C1. The summed E-state index contributed by atoms with van der Waals surface area (Å²) in [7, 11) is 0. The smallest absolute Gasteiger partial charge is 0.162 e. The van der Waals surface area contributed by atoms with E-state index in [4.69, 9.17) is 0 Å². The number of nitrogens with one attached hydrogen (secondary N) is 1. The summed E-state index contributed by atoms with van der Waals surface area (Å²) in [5.41, 5.74) is 0.852. The Morgan fingerprint density at radius 3 is 3.09 bits per heavy atom. The van der Waals surface area contributed by atoms with E-state index >= 15 is 0 Å². The molecule has 2 nitrogen and oxygen atoms in total. The van der Waals surface area contributed by atoms with Crippen LogP contribution in [-0.2, 0) is 4.79 Å². The predicted octanol–water partition coefficient (Wildman–Crippen LogP) is 1.40. The molecule has 0 aromatic heterocycles. The maximum atomic E-state index is 11.3. The first-order chi connectivity index (χ1) is 5.34. The van der Waals surface area contributed by atoms with E-state index in [-0.39, 0.29) is 5.78 Å². The van der Waals surface area contributed by atoms with Crippen molar-refractivity contribution in [3.05, 3.63) is 23.9 Å². The Hall–Kier alpha value is -1.05. The second kappa shape index (κ2) is 3.96. The molecule has 0 unspecified atom stereocenters. The van der Waals surface area contributed by atoms with Crippen molar-refractivity contribution >= 4 is 5.78 Å². The number of rotatable bonds is 3. The summed E-state index contributed by atoms with van der Waals surface area (Å²) in [5.74, 6) is 0.255. The molecule has 1 aliphatic heterocycles. The molecular formula is C9H13NO. The van der Waals surface area contributed by atoms with E-state index in [2.05, 4.69) is 5.32 Å². The Balaban J connectivity index is 2.52. The molecule has 1 aliphatic rings. The normalized spacial score (nSPS) is 15.5. The fourth-order valence-corrected chi connectivity index (χ4v) is 1.03. The van der Waals surface area contributed by atoms with Gasteiger partial charge >= 0.3 is 0 Å². The van der Waals surface area contributed by atoms with Crippen LogP contribution in [0.25, 0.3) is 0 Å². The molecule has 1 heterocycles. The summed E-state index contributed by atoms with van der Waals surface area (Å²) >= 11 is 0. The first-order valence-corrected chi connectivity index (χ1v) is 3.98. The number of hydrogen-bond acceptors (Lipinski definition) is 2. The van der Waals surface area contributed by atoms with Gasteiger partial charge in [-0.15, -0.1) is 0 Å². The number of hydrogen-bond donors (Lipinski definition) is 1. The maximum Gasteiger partial charge on any atom is 0.162 e. The van der Waals surface area contributed by atoms with Crippen molar-refractivity contribution in [1.29, 1.82) is 0 Å². The monoisotopic (exact) mass is 151 g/mol. The van der Waals surface area contributed by atoms with Crippen LogP contribution in [0.5, 0.6) is 0 Å². The lowest BCUT2D eigenvalue weighted by Gasteiger charge is -2.05. The van der Waals surface area contributed by atoms with Crippen LogP contribution in [0.3, 0.4) is 0 Å². The second-order valence-corrected chi connectivity index (χ2v) is 2.57. The molecule has 0 fully saturated rings. The molecule has 0 amide bonds. The second-order valence-electron chi connectivity index (χ2n) is 2.57. The number of Topliss-reactive ketones (excluding diaryl/α,β-unsaturated/α-hetero) is 1. The van der Waals surface area contributed by atoms with Crippen molar-refractivity contribution in [1.82, 2.24) is 5.32 Å². The zero-order valence-electron chi connectivity index (χ0n) is 6.76. The highest BCUT2D eigenvalue weighted by atomic mass is 16.1. The van der Waals surface area contributed by atoms with Gasteiger partial charge in [0.2, 0.25) is 0 Å². The Bertz CT molecular complexity index is 204. The third-order valence-electron chi connectivity index (χ3n) is 1.62. The van der Waals surface area contributed by atoms with E-state index in [9.17, 15) is 4.79 Å². The summed E-state index contributed by atoms with van der Waals surface area (Å²) in [6, 6.07) is 0. The minimum atomic E-state index is 0.255. The quantitative estimate of drug-likeness (QED) is 0.660. The molecule has 1 N–H and O–H groups in total. The van der Waals surface area contributed by atoms with E-state index in [0.29, 0.717) is 6.42 Å². The van der Waals surface area contributed by atoms with Crippen LogP contribution >= 0.6 is 0 Å². The van der Waals surface area contributed by atoms with E-state index < -0.39 is 0 Å². The van der Waals surface area contributed by atoms with Crippen LogP contribution in [0.2, 0.25) is 0 Å². The number of dihydropyridines is 1. The van der Waals surface area contributed by atoms with Gasteiger partial charge in [-0.1, -0.05) is 13.0 Å². The first kappa shape index (κ1) is 8.05. The van der Waals surface area contributed by atoms with Gasteiger partial charge in [-0.25, -0.2) is 0 Å². The van der Waals surface area contributed by atoms with Crippen molar-refractivity contribution < 1.29 is 4.79 Å².